The van der Waals surface area contributed by atoms with Crippen LogP contribution in [0.25, 0.3) is 0 Å². The van der Waals surface area contributed by atoms with Crippen molar-refractivity contribution in [2.45, 2.75) is 24.1 Å². The van der Waals surface area contributed by atoms with Crippen LogP contribution < -0.4 is 5.32 Å². The van der Waals surface area contributed by atoms with E-state index in [9.17, 15) is 0 Å². The van der Waals surface area contributed by atoms with Gasteiger partial charge in [0.15, 0.2) is 0 Å². The number of aromatic nitrogens is 1. The van der Waals surface area contributed by atoms with E-state index in [2.05, 4.69) is 22.5 Å². The van der Waals surface area contributed by atoms with E-state index >= 15 is 0 Å². The molecule has 0 saturated carbocycles. The molecule has 0 aromatic carbocycles. The molecule has 2 unspecified atom stereocenters. The van der Waals surface area contributed by atoms with E-state index < -0.39 is 0 Å². The zero-order valence-corrected chi connectivity index (χ0v) is 11.6. The molecule has 0 bridgehead atoms. The van der Waals surface area contributed by atoms with E-state index in [1.54, 1.807) is 0 Å². The van der Waals surface area contributed by atoms with Crippen molar-refractivity contribution >= 4 is 34.9 Å². The van der Waals surface area contributed by atoms with Crippen LogP contribution >= 0.6 is 34.9 Å². The lowest BCUT2D eigenvalue weighted by Crippen LogP contribution is -2.30. The lowest BCUT2D eigenvalue weighted by atomic mass is 10.2. The highest BCUT2D eigenvalue weighted by molar-refractivity contribution is 7.99. The van der Waals surface area contributed by atoms with Gasteiger partial charge in [-0.1, -0.05) is 0 Å². The molecule has 2 aliphatic rings. The van der Waals surface area contributed by atoms with Crippen molar-refractivity contribution in [3.8, 4) is 0 Å². The van der Waals surface area contributed by atoms with E-state index in [4.69, 9.17) is 4.98 Å². The molecule has 16 heavy (non-hydrogen) atoms. The third-order valence-corrected chi connectivity index (χ3v) is 6.60. The zero-order chi connectivity index (χ0) is 10.8. The predicted octanol–water partition coefficient (Wildman–Crippen LogP) is 3.09. The number of thioether (sulfide) groups is 2. The molecular formula is C11H16N2S3. The topological polar surface area (TPSA) is 24.9 Å². The second kappa shape index (κ2) is 5.29. The number of thiazole rings is 1. The molecule has 2 fully saturated rings. The van der Waals surface area contributed by atoms with E-state index in [-0.39, 0.29) is 0 Å². The van der Waals surface area contributed by atoms with Crippen LogP contribution in [0, 0.1) is 0 Å². The van der Waals surface area contributed by atoms with Gasteiger partial charge in [0, 0.05) is 23.4 Å². The average Bonchev–Trinajstić information content (AvgIpc) is 3.01. The standard InChI is InChI=1S/C11H16N2S3/c1-2-10(15-4-1)11-13-9(7-16-11)8-6-14-5-3-12-8/h7-8,10,12H,1-6H2. The van der Waals surface area contributed by atoms with E-state index in [0.717, 1.165) is 6.54 Å². The Hall–Kier alpha value is 0.290. The van der Waals surface area contributed by atoms with Crippen molar-refractivity contribution in [2.24, 2.45) is 0 Å². The molecule has 3 rings (SSSR count). The maximum Gasteiger partial charge on any atom is 0.106 e. The summed E-state index contributed by atoms with van der Waals surface area (Å²) in [5.74, 6) is 3.74. The molecule has 1 aromatic rings. The van der Waals surface area contributed by atoms with Crippen LogP contribution in [-0.2, 0) is 0 Å². The van der Waals surface area contributed by atoms with Crippen molar-refractivity contribution in [3.63, 3.8) is 0 Å². The summed E-state index contributed by atoms with van der Waals surface area (Å²) in [4.78, 5) is 4.84. The van der Waals surface area contributed by atoms with Crippen molar-refractivity contribution < 1.29 is 0 Å². The minimum absolute atomic E-state index is 0.496. The Morgan fingerprint density at radius 1 is 1.38 bits per heavy atom. The summed E-state index contributed by atoms with van der Waals surface area (Å²) in [6, 6.07) is 0.496. The molecule has 2 atom stereocenters. The molecule has 88 valence electrons. The highest BCUT2D eigenvalue weighted by atomic mass is 32.2. The van der Waals surface area contributed by atoms with Crippen molar-refractivity contribution in [2.75, 3.05) is 23.8 Å². The lowest BCUT2D eigenvalue weighted by Gasteiger charge is -2.21. The molecular weight excluding hydrogens is 256 g/mol. The van der Waals surface area contributed by atoms with Gasteiger partial charge in [0.25, 0.3) is 0 Å². The minimum atomic E-state index is 0.496. The van der Waals surface area contributed by atoms with Crippen LogP contribution in [0.4, 0.5) is 0 Å². The predicted molar refractivity (Wildman–Crippen MR) is 74.6 cm³/mol. The molecule has 5 heteroatoms. The maximum absolute atomic E-state index is 4.84. The van der Waals surface area contributed by atoms with Crippen LogP contribution in [0.15, 0.2) is 5.38 Å². The monoisotopic (exact) mass is 272 g/mol. The fraction of sp³-hybridized carbons (Fsp3) is 0.727. The first-order valence-corrected chi connectivity index (χ1v) is 8.90. The Morgan fingerprint density at radius 3 is 3.12 bits per heavy atom. The van der Waals surface area contributed by atoms with Gasteiger partial charge in [-0.05, 0) is 18.6 Å². The Labute approximate surface area is 109 Å². The summed E-state index contributed by atoms with van der Waals surface area (Å²) >= 11 is 5.97. The van der Waals surface area contributed by atoms with Gasteiger partial charge in [-0.2, -0.15) is 23.5 Å². The van der Waals surface area contributed by atoms with Gasteiger partial charge < -0.3 is 5.32 Å². The van der Waals surface area contributed by atoms with Crippen LogP contribution in [0.5, 0.6) is 0 Å². The number of rotatable bonds is 2. The Bertz CT molecular complexity index is 341. The average molecular weight is 272 g/mol. The molecule has 2 saturated heterocycles. The number of hydrogen-bond donors (Lipinski definition) is 1. The smallest absolute Gasteiger partial charge is 0.106 e. The first-order valence-electron chi connectivity index (χ1n) is 5.81. The van der Waals surface area contributed by atoms with Gasteiger partial charge in [-0.15, -0.1) is 11.3 Å². The normalized spacial score (nSPS) is 30.8. The van der Waals surface area contributed by atoms with Crippen LogP contribution in [0.1, 0.15) is 34.8 Å². The lowest BCUT2D eigenvalue weighted by molar-refractivity contribution is 0.581. The highest BCUT2D eigenvalue weighted by Gasteiger charge is 2.23. The molecule has 0 aliphatic carbocycles. The second-order valence-electron chi connectivity index (χ2n) is 4.19. The maximum atomic E-state index is 4.84. The van der Waals surface area contributed by atoms with Gasteiger partial charge in [0.05, 0.1) is 17.0 Å². The van der Waals surface area contributed by atoms with Crippen LogP contribution in [0.2, 0.25) is 0 Å². The molecule has 0 amide bonds. The molecule has 1 aromatic heterocycles. The van der Waals surface area contributed by atoms with Crippen LogP contribution in [-0.4, -0.2) is 28.8 Å². The zero-order valence-electron chi connectivity index (χ0n) is 9.15. The highest BCUT2D eigenvalue weighted by Crippen LogP contribution is 2.41. The SMILES string of the molecule is c1sc(C2CCCS2)nc1C1CSCCN1. The van der Waals surface area contributed by atoms with Crippen molar-refractivity contribution in [1.29, 1.82) is 0 Å². The molecule has 2 aliphatic heterocycles. The second-order valence-corrected chi connectivity index (χ2v) is 7.54. The first kappa shape index (κ1) is 11.4. The largest absolute Gasteiger partial charge is 0.307 e. The quantitative estimate of drug-likeness (QED) is 0.894. The Balaban J connectivity index is 1.71. The number of nitrogens with one attached hydrogen (secondary N) is 1. The number of nitrogens with zero attached hydrogens (tertiary/aromatic N) is 1. The fourth-order valence-electron chi connectivity index (χ4n) is 2.14. The number of hydrogen-bond acceptors (Lipinski definition) is 5. The minimum Gasteiger partial charge on any atom is -0.307 e. The van der Waals surface area contributed by atoms with E-state index in [0.29, 0.717) is 11.3 Å². The van der Waals surface area contributed by atoms with Crippen molar-refractivity contribution in [3.05, 3.63) is 16.1 Å². The summed E-state index contributed by atoms with van der Waals surface area (Å²) in [7, 11) is 0. The molecule has 0 radical (unpaired) electrons. The summed E-state index contributed by atoms with van der Waals surface area (Å²) in [5, 5.41) is 7.86. The Morgan fingerprint density at radius 2 is 2.38 bits per heavy atom. The summed E-state index contributed by atoms with van der Waals surface area (Å²) in [6.07, 6.45) is 2.69. The van der Waals surface area contributed by atoms with Crippen molar-refractivity contribution in [1.82, 2.24) is 10.3 Å². The third kappa shape index (κ3) is 2.42. The van der Waals surface area contributed by atoms with Gasteiger partial charge in [-0.25, -0.2) is 4.98 Å². The summed E-state index contributed by atoms with van der Waals surface area (Å²) < 4.78 is 0. The molecule has 1 N–H and O–H groups in total. The molecule has 2 nitrogen and oxygen atoms in total. The fourth-order valence-corrected chi connectivity index (χ4v) is 5.49. The summed E-state index contributed by atoms with van der Waals surface area (Å²) in [5.41, 5.74) is 1.28. The van der Waals surface area contributed by atoms with E-state index in [1.165, 1.54) is 40.8 Å². The first-order chi connectivity index (χ1) is 7.93. The van der Waals surface area contributed by atoms with E-state index in [1.807, 2.05) is 23.1 Å². The Kier molecular flexibility index (Phi) is 3.77. The molecule has 3 heterocycles. The van der Waals surface area contributed by atoms with Crippen LogP contribution in [0.3, 0.4) is 0 Å². The van der Waals surface area contributed by atoms with Gasteiger partial charge >= 0.3 is 0 Å². The van der Waals surface area contributed by atoms with Gasteiger partial charge in [0.1, 0.15) is 5.01 Å². The van der Waals surface area contributed by atoms with Gasteiger partial charge in [-0.3, -0.25) is 0 Å². The van der Waals surface area contributed by atoms with Gasteiger partial charge in [0.2, 0.25) is 0 Å². The summed E-state index contributed by atoms with van der Waals surface area (Å²) in [6.45, 7) is 1.13. The molecule has 0 spiro atoms. The third-order valence-electron chi connectivity index (χ3n) is 3.02.